The Labute approximate surface area is 90.7 Å². The quantitative estimate of drug-likeness (QED) is 0.554. The average Bonchev–Trinajstić information content (AvgIpc) is 2.13. The molecule has 1 nitrogen and oxygen atoms in total. The third kappa shape index (κ3) is 10.0. The number of hydrogen-bond acceptors (Lipinski definition) is 1. The molecule has 0 aromatic rings. The molecule has 0 aromatic carbocycles. The molecule has 0 heterocycles. The first-order valence-electron chi connectivity index (χ1n) is 6.40. The summed E-state index contributed by atoms with van der Waals surface area (Å²) in [5.74, 6) is 0.880. The van der Waals surface area contributed by atoms with Gasteiger partial charge in [-0.25, -0.2) is 0 Å². The largest absolute Gasteiger partial charge is 0.314 e. The van der Waals surface area contributed by atoms with Crippen LogP contribution < -0.4 is 5.32 Å². The predicted molar refractivity (Wildman–Crippen MR) is 65.7 cm³/mol. The second-order valence-corrected chi connectivity index (χ2v) is 4.89. The highest BCUT2D eigenvalue weighted by atomic mass is 14.9. The minimum absolute atomic E-state index is 0.717. The van der Waals surface area contributed by atoms with Gasteiger partial charge in [0.15, 0.2) is 0 Å². The molecule has 0 rings (SSSR count). The van der Waals surface area contributed by atoms with Crippen LogP contribution in [0.25, 0.3) is 0 Å². The molecule has 0 aromatic heterocycles. The lowest BCUT2D eigenvalue weighted by atomic mass is 10.0. The Morgan fingerprint density at radius 2 is 1.57 bits per heavy atom. The van der Waals surface area contributed by atoms with Crippen molar-refractivity contribution in [2.75, 3.05) is 6.54 Å². The summed E-state index contributed by atoms with van der Waals surface area (Å²) < 4.78 is 0. The Balaban J connectivity index is 3.10. The van der Waals surface area contributed by atoms with Crippen LogP contribution in [0.4, 0.5) is 0 Å². The van der Waals surface area contributed by atoms with Crippen molar-refractivity contribution in [2.45, 2.75) is 72.3 Å². The molecule has 0 aliphatic heterocycles. The maximum atomic E-state index is 3.53. The molecule has 0 radical (unpaired) electrons. The number of rotatable bonds is 9. The lowest BCUT2D eigenvalue weighted by Crippen LogP contribution is -2.26. The maximum Gasteiger partial charge on any atom is 0.00387 e. The highest BCUT2D eigenvalue weighted by Crippen LogP contribution is 2.10. The fourth-order valence-electron chi connectivity index (χ4n) is 1.67. The van der Waals surface area contributed by atoms with Crippen LogP contribution in [0.5, 0.6) is 0 Å². The molecule has 0 aliphatic carbocycles. The fourth-order valence-corrected chi connectivity index (χ4v) is 1.67. The van der Waals surface area contributed by atoms with Gasteiger partial charge in [-0.3, -0.25) is 0 Å². The molecule has 0 saturated carbocycles. The molecule has 1 atom stereocenters. The van der Waals surface area contributed by atoms with E-state index in [0.29, 0.717) is 6.04 Å². The van der Waals surface area contributed by atoms with E-state index in [9.17, 15) is 0 Å². The molecular formula is C13H29N. The molecule has 1 N–H and O–H groups in total. The minimum atomic E-state index is 0.717. The van der Waals surface area contributed by atoms with Gasteiger partial charge in [0.25, 0.3) is 0 Å². The molecular weight excluding hydrogens is 170 g/mol. The number of nitrogens with one attached hydrogen (secondary N) is 1. The highest BCUT2D eigenvalue weighted by molar-refractivity contribution is 4.60. The summed E-state index contributed by atoms with van der Waals surface area (Å²) >= 11 is 0. The molecule has 0 amide bonds. The lowest BCUT2D eigenvalue weighted by Gasteiger charge is -2.12. The van der Waals surface area contributed by atoms with Crippen LogP contribution >= 0.6 is 0 Å². The third-order valence-electron chi connectivity index (χ3n) is 2.66. The second kappa shape index (κ2) is 9.51. The van der Waals surface area contributed by atoms with Crippen molar-refractivity contribution in [2.24, 2.45) is 5.92 Å². The van der Waals surface area contributed by atoms with Gasteiger partial charge in [-0.05, 0) is 32.2 Å². The molecule has 1 heteroatoms. The summed E-state index contributed by atoms with van der Waals surface area (Å²) in [5, 5.41) is 3.53. The van der Waals surface area contributed by atoms with Gasteiger partial charge >= 0.3 is 0 Å². The Kier molecular flexibility index (Phi) is 9.49. The molecule has 0 aliphatic rings. The fraction of sp³-hybridized carbons (Fsp3) is 1.00. The van der Waals surface area contributed by atoms with Crippen LogP contribution in [0.2, 0.25) is 0 Å². The molecule has 0 saturated heterocycles. The zero-order valence-corrected chi connectivity index (χ0v) is 10.6. The average molecular weight is 199 g/mol. The van der Waals surface area contributed by atoms with Crippen molar-refractivity contribution >= 4 is 0 Å². The SMILES string of the molecule is CCCNC(C)CCCCCC(C)C. The van der Waals surface area contributed by atoms with Gasteiger partial charge in [0, 0.05) is 6.04 Å². The molecule has 14 heavy (non-hydrogen) atoms. The molecule has 0 bridgehead atoms. The standard InChI is InChI=1S/C13H29N/c1-5-11-14-13(4)10-8-6-7-9-12(2)3/h12-14H,5-11H2,1-4H3. The van der Waals surface area contributed by atoms with Crippen LogP contribution in [0.3, 0.4) is 0 Å². The predicted octanol–water partition coefficient (Wildman–Crippen LogP) is 3.98. The molecule has 1 unspecified atom stereocenters. The van der Waals surface area contributed by atoms with Gasteiger partial charge in [0.1, 0.15) is 0 Å². The Hall–Kier alpha value is -0.0400. The monoisotopic (exact) mass is 199 g/mol. The van der Waals surface area contributed by atoms with E-state index in [1.165, 1.54) is 45.1 Å². The Morgan fingerprint density at radius 1 is 0.929 bits per heavy atom. The Morgan fingerprint density at radius 3 is 2.14 bits per heavy atom. The zero-order valence-electron chi connectivity index (χ0n) is 10.6. The first-order chi connectivity index (χ1) is 6.66. The normalized spacial score (nSPS) is 13.5. The van der Waals surface area contributed by atoms with Crippen molar-refractivity contribution in [3.05, 3.63) is 0 Å². The maximum absolute atomic E-state index is 3.53. The highest BCUT2D eigenvalue weighted by Gasteiger charge is 2.00. The van der Waals surface area contributed by atoms with E-state index in [-0.39, 0.29) is 0 Å². The van der Waals surface area contributed by atoms with Crippen molar-refractivity contribution < 1.29 is 0 Å². The van der Waals surface area contributed by atoms with E-state index in [1.807, 2.05) is 0 Å². The van der Waals surface area contributed by atoms with E-state index < -0.39 is 0 Å². The van der Waals surface area contributed by atoms with Crippen molar-refractivity contribution in [3.8, 4) is 0 Å². The van der Waals surface area contributed by atoms with E-state index in [4.69, 9.17) is 0 Å². The molecule has 86 valence electrons. The topological polar surface area (TPSA) is 12.0 Å². The number of unbranched alkanes of at least 4 members (excludes halogenated alkanes) is 2. The van der Waals surface area contributed by atoms with Gasteiger partial charge in [0.2, 0.25) is 0 Å². The minimum Gasteiger partial charge on any atom is -0.314 e. The van der Waals surface area contributed by atoms with Crippen molar-refractivity contribution in [1.29, 1.82) is 0 Å². The Bertz CT molecular complexity index is 110. The molecule has 0 spiro atoms. The van der Waals surface area contributed by atoms with Crippen LogP contribution in [-0.4, -0.2) is 12.6 Å². The van der Waals surface area contributed by atoms with Crippen LogP contribution in [0.1, 0.15) is 66.2 Å². The lowest BCUT2D eigenvalue weighted by molar-refractivity contribution is 0.465. The van der Waals surface area contributed by atoms with Crippen LogP contribution in [0, 0.1) is 5.92 Å². The number of hydrogen-bond donors (Lipinski definition) is 1. The van der Waals surface area contributed by atoms with E-state index >= 15 is 0 Å². The zero-order chi connectivity index (χ0) is 10.8. The summed E-state index contributed by atoms with van der Waals surface area (Å²) in [7, 11) is 0. The van der Waals surface area contributed by atoms with Gasteiger partial charge in [0.05, 0.1) is 0 Å². The van der Waals surface area contributed by atoms with Gasteiger partial charge in [-0.2, -0.15) is 0 Å². The van der Waals surface area contributed by atoms with Crippen LogP contribution in [0.15, 0.2) is 0 Å². The first-order valence-corrected chi connectivity index (χ1v) is 6.40. The van der Waals surface area contributed by atoms with E-state index in [1.54, 1.807) is 0 Å². The smallest absolute Gasteiger partial charge is 0.00387 e. The molecule has 0 fully saturated rings. The van der Waals surface area contributed by atoms with E-state index in [2.05, 4.69) is 33.0 Å². The summed E-state index contributed by atoms with van der Waals surface area (Å²) in [5.41, 5.74) is 0. The summed E-state index contributed by atoms with van der Waals surface area (Å²) in [4.78, 5) is 0. The first kappa shape index (κ1) is 14.0. The van der Waals surface area contributed by atoms with Crippen molar-refractivity contribution in [1.82, 2.24) is 5.32 Å². The third-order valence-corrected chi connectivity index (χ3v) is 2.66. The summed E-state index contributed by atoms with van der Waals surface area (Å²) in [6, 6.07) is 0.717. The van der Waals surface area contributed by atoms with Crippen LogP contribution in [-0.2, 0) is 0 Å². The van der Waals surface area contributed by atoms with E-state index in [0.717, 1.165) is 5.92 Å². The second-order valence-electron chi connectivity index (χ2n) is 4.89. The summed E-state index contributed by atoms with van der Waals surface area (Å²) in [6.07, 6.45) is 8.21. The van der Waals surface area contributed by atoms with Crippen molar-refractivity contribution in [3.63, 3.8) is 0 Å². The van der Waals surface area contributed by atoms with Gasteiger partial charge in [-0.15, -0.1) is 0 Å². The van der Waals surface area contributed by atoms with Gasteiger partial charge in [-0.1, -0.05) is 46.5 Å². The summed E-state index contributed by atoms with van der Waals surface area (Å²) in [6.45, 7) is 10.3. The van der Waals surface area contributed by atoms with Gasteiger partial charge < -0.3 is 5.32 Å².